The van der Waals surface area contributed by atoms with Crippen LogP contribution in [0, 0.1) is 0 Å². The molecule has 0 bridgehead atoms. The summed E-state index contributed by atoms with van der Waals surface area (Å²) >= 11 is 0. The first kappa shape index (κ1) is 13.7. The minimum atomic E-state index is 0.275. The SMILES string of the molecule is CC=CC1CCC(=O)N1CCc1ccc(OC)cc1. The van der Waals surface area contributed by atoms with Crippen molar-refractivity contribution in [3.8, 4) is 5.75 Å². The molecular formula is C16H21NO2. The van der Waals surface area contributed by atoms with Crippen molar-refractivity contribution in [1.82, 2.24) is 4.90 Å². The van der Waals surface area contributed by atoms with Crippen molar-refractivity contribution in [2.75, 3.05) is 13.7 Å². The van der Waals surface area contributed by atoms with Gasteiger partial charge in [-0.25, -0.2) is 0 Å². The molecule has 2 rings (SSSR count). The van der Waals surface area contributed by atoms with Gasteiger partial charge < -0.3 is 9.64 Å². The summed E-state index contributed by atoms with van der Waals surface area (Å²) in [5.41, 5.74) is 1.24. The van der Waals surface area contributed by atoms with Crippen LogP contribution < -0.4 is 4.74 Å². The van der Waals surface area contributed by atoms with Crippen molar-refractivity contribution in [3.63, 3.8) is 0 Å². The number of rotatable bonds is 5. The van der Waals surface area contributed by atoms with Gasteiger partial charge >= 0.3 is 0 Å². The zero-order chi connectivity index (χ0) is 13.7. The van der Waals surface area contributed by atoms with Crippen LogP contribution in [0.3, 0.4) is 0 Å². The van der Waals surface area contributed by atoms with E-state index in [1.54, 1.807) is 7.11 Å². The minimum Gasteiger partial charge on any atom is -0.497 e. The molecule has 1 aliphatic heterocycles. The normalized spacial score (nSPS) is 19.4. The van der Waals surface area contributed by atoms with Crippen molar-refractivity contribution in [2.24, 2.45) is 0 Å². The Morgan fingerprint density at radius 3 is 2.74 bits per heavy atom. The van der Waals surface area contributed by atoms with Crippen molar-refractivity contribution < 1.29 is 9.53 Å². The molecule has 1 fully saturated rings. The van der Waals surface area contributed by atoms with Crippen molar-refractivity contribution in [2.45, 2.75) is 32.2 Å². The second kappa shape index (κ2) is 6.41. The fourth-order valence-electron chi connectivity index (χ4n) is 2.51. The standard InChI is InChI=1S/C16H21NO2/c1-3-4-14-7-10-16(18)17(14)12-11-13-5-8-15(19-2)9-6-13/h3-6,8-9,14H,7,10-12H2,1-2H3. The third-order valence-corrected chi connectivity index (χ3v) is 3.59. The van der Waals surface area contributed by atoms with E-state index in [1.165, 1.54) is 5.56 Å². The molecule has 102 valence electrons. The molecule has 0 radical (unpaired) electrons. The van der Waals surface area contributed by atoms with E-state index in [-0.39, 0.29) is 11.9 Å². The van der Waals surface area contributed by atoms with Crippen LogP contribution in [0.2, 0.25) is 0 Å². The lowest BCUT2D eigenvalue weighted by Crippen LogP contribution is -2.33. The van der Waals surface area contributed by atoms with Crippen LogP contribution in [0.4, 0.5) is 0 Å². The van der Waals surface area contributed by atoms with Crippen LogP contribution in [0.15, 0.2) is 36.4 Å². The number of likely N-dealkylation sites (tertiary alicyclic amines) is 1. The molecule has 1 heterocycles. The van der Waals surface area contributed by atoms with Gasteiger partial charge in [0.05, 0.1) is 13.2 Å². The van der Waals surface area contributed by atoms with E-state index >= 15 is 0 Å². The number of carbonyl (C=O) groups is 1. The van der Waals surface area contributed by atoms with Crippen molar-refractivity contribution >= 4 is 5.91 Å². The van der Waals surface area contributed by atoms with Crippen LogP contribution in [0.25, 0.3) is 0 Å². The number of nitrogens with zero attached hydrogens (tertiary/aromatic N) is 1. The largest absolute Gasteiger partial charge is 0.497 e. The molecule has 0 saturated carbocycles. The number of allylic oxidation sites excluding steroid dienone is 1. The summed E-state index contributed by atoms with van der Waals surface area (Å²) in [4.78, 5) is 13.8. The molecule has 1 saturated heterocycles. The van der Waals surface area contributed by atoms with Crippen LogP contribution in [0.5, 0.6) is 5.75 Å². The molecule has 0 spiro atoms. The summed E-state index contributed by atoms with van der Waals surface area (Å²) in [6, 6.07) is 8.33. The third-order valence-electron chi connectivity index (χ3n) is 3.59. The predicted octanol–water partition coefficient (Wildman–Crippen LogP) is 2.80. The fraction of sp³-hybridized carbons (Fsp3) is 0.438. The summed E-state index contributed by atoms with van der Waals surface area (Å²) in [7, 11) is 1.67. The van der Waals surface area contributed by atoms with Gasteiger partial charge in [-0.15, -0.1) is 0 Å². The Kier molecular flexibility index (Phi) is 4.61. The molecule has 0 N–H and O–H groups in total. The van der Waals surface area contributed by atoms with Crippen LogP contribution in [0.1, 0.15) is 25.3 Å². The molecule has 3 nitrogen and oxygen atoms in total. The lowest BCUT2D eigenvalue weighted by Gasteiger charge is -2.22. The number of methoxy groups -OCH3 is 1. The Morgan fingerprint density at radius 1 is 1.37 bits per heavy atom. The first-order valence-electron chi connectivity index (χ1n) is 6.80. The van der Waals surface area contributed by atoms with Crippen LogP contribution in [-0.2, 0) is 11.2 Å². The highest BCUT2D eigenvalue weighted by Gasteiger charge is 2.28. The average Bonchev–Trinajstić information content (AvgIpc) is 2.78. The Hall–Kier alpha value is -1.77. The average molecular weight is 259 g/mol. The smallest absolute Gasteiger partial charge is 0.223 e. The Balaban J connectivity index is 1.94. The molecule has 19 heavy (non-hydrogen) atoms. The topological polar surface area (TPSA) is 29.5 Å². The summed E-state index contributed by atoms with van der Waals surface area (Å²) < 4.78 is 5.14. The van der Waals surface area contributed by atoms with Gasteiger partial charge in [0.1, 0.15) is 5.75 Å². The number of hydrogen-bond acceptors (Lipinski definition) is 2. The van der Waals surface area contributed by atoms with Gasteiger partial charge in [0.2, 0.25) is 5.91 Å². The Morgan fingerprint density at radius 2 is 2.11 bits per heavy atom. The van der Waals surface area contributed by atoms with E-state index in [9.17, 15) is 4.79 Å². The number of amides is 1. The maximum Gasteiger partial charge on any atom is 0.223 e. The highest BCUT2D eigenvalue weighted by molar-refractivity contribution is 5.79. The van der Waals surface area contributed by atoms with Gasteiger partial charge in [-0.2, -0.15) is 0 Å². The summed E-state index contributed by atoms with van der Waals surface area (Å²) in [6.45, 7) is 2.80. The number of hydrogen-bond donors (Lipinski definition) is 0. The second-order valence-electron chi connectivity index (χ2n) is 4.82. The number of carbonyl (C=O) groups excluding carboxylic acids is 1. The van der Waals surface area contributed by atoms with Crippen LogP contribution in [-0.4, -0.2) is 30.5 Å². The fourth-order valence-corrected chi connectivity index (χ4v) is 2.51. The molecule has 3 heteroatoms. The number of benzene rings is 1. The molecule has 1 amide bonds. The predicted molar refractivity (Wildman–Crippen MR) is 76.2 cm³/mol. The first-order chi connectivity index (χ1) is 9.24. The highest BCUT2D eigenvalue weighted by Crippen LogP contribution is 2.20. The zero-order valence-electron chi connectivity index (χ0n) is 11.6. The quantitative estimate of drug-likeness (QED) is 0.761. The maximum atomic E-state index is 11.9. The molecule has 0 aliphatic carbocycles. The van der Waals surface area contributed by atoms with E-state index in [2.05, 4.69) is 18.2 Å². The molecule has 1 aromatic rings. The van der Waals surface area contributed by atoms with E-state index < -0.39 is 0 Å². The van der Waals surface area contributed by atoms with Crippen molar-refractivity contribution in [1.29, 1.82) is 0 Å². The Bertz CT molecular complexity index is 450. The monoisotopic (exact) mass is 259 g/mol. The van der Waals surface area contributed by atoms with E-state index in [1.807, 2.05) is 30.0 Å². The van der Waals surface area contributed by atoms with Gasteiger partial charge in [0, 0.05) is 13.0 Å². The molecule has 1 aromatic carbocycles. The maximum absolute atomic E-state index is 11.9. The summed E-state index contributed by atoms with van der Waals surface area (Å²) in [5.74, 6) is 1.14. The number of ether oxygens (including phenoxy) is 1. The van der Waals surface area contributed by atoms with E-state index in [0.717, 1.165) is 25.1 Å². The third kappa shape index (κ3) is 3.37. The first-order valence-corrected chi connectivity index (χ1v) is 6.80. The summed E-state index contributed by atoms with van der Waals surface area (Å²) in [6.07, 6.45) is 6.68. The van der Waals surface area contributed by atoms with Crippen molar-refractivity contribution in [3.05, 3.63) is 42.0 Å². The molecule has 1 unspecified atom stereocenters. The molecule has 0 aromatic heterocycles. The minimum absolute atomic E-state index is 0.275. The molecule has 1 aliphatic rings. The van der Waals surface area contributed by atoms with E-state index in [0.29, 0.717) is 6.42 Å². The zero-order valence-corrected chi connectivity index (χ0v) is 11.6. The van der Waals surface area contributed by atoms with Crippen LogP contribution >= 0.6 is 0 Å². The second-order valence-corrected chi connectivity index (χ2v) is 4.82. The van der Waals surface area contributed by atoms with Gasteiger partial charge in [0.15, 0.2) is 0 Å². The van der Waals surface area contributed by atoms with Gasteiger partial charge in [-0.1, -0.05) is 24.3 Å². The summed E-state index contributed by atoms with van der Waals surface area (Å²) in [5, 5.41) is 0. The molecule has 1 atom stereocenters. The van der Waals surface area contributed by atoms with Gasteiger partial charge in [0.25, 0.3) is 0 Å². The molecular weight excluding hydrogens is 238 g/mol. The van der Waals surface area contributed by atoms with Gasteiger partial charge in [-0.05, 0) is 37.5 Å². The van der Waals surface area contributed by atoms with E-state index in [4.69, 9.17) is 4.74 Å². The lowest BCUT2D eigenvalue weighted by molar-refractivity contribution is -0.128. The Labute approximate surface area is 114 Å². The van der Waals surface area contributed by atoms with Gasteiger partial charge in [-0.3, -0.25) is 4.79 Å². The lowest BCUT2D eigenvalue weighted by atomic mass is 10.1. The highest BCUT2D eigenvalue weighted by atomic mass is 16.5.